The third kappa shape index (κ3) is 6.22. The number of hydrogen-bond donors (Lipinski definition) is 1. The Morgan fingerprint density at radius 3 is 2.58 bits per heavy atom. The van der Waals surface area contributed by atoms with E-state index >= 15 is 0 Å². The van der Waals surface area contributed by atoms with Crippen LogP contribution in [0.25, 0.3) is 0 Å². The molecule has 36 heavy (non-hydrogen) atoms. The van der Waals surface area contributed by atoms with E-state index in [1.54, 1.807) is 40.9 Å². The van der Waals surface area contributed by atoms with Gasteiger partial charge >= 0.3 is 0 Å². The van der Waals surface area contributed by atoms with E-state index < -0.39 is 0 Å². The summed E-state index contributed by atoms with van der Waals surface area (Å²) in [6.07, 6.45) is 0. The highest BCUT2D eigenvalue weighted by Gasteiger charge is 2.35. The minimum Gasteiger partial charge on any atom is -0.490 e. The molecule has 3 aromatic carbocycles. The Morgan fingerprint density at radius 2 is 1.89 bits per heavy atom. The van der Waals surface area contributed by atoms with Crippen molar-refractivity contribution in [2.75, 3.05) is 29.2 Å². The van der Waals surface area contributed by atoms with Crippen molar-refractivity contribution in [3.8, 4) is 11.5 Å². The van der Waals surface area contributed by atoms with Gasteiger partial charge in [-0.1, -0.05) is 29.3 Å². The number of hydrogen-bond acceptors (Lipinski definition) is 5. The SMILES string of the molecule is CCOc1cc([C@H]2SCC(=O)N2c2ccc(Cl)cc2)cc(I)c1OCC(=O)Nc1ccc(C)c(Cl)c1. The molecule has 6 nitrogen and oxygen atoms in total. The molecule has 188 valence electrons. The number of halogens is 3. The number of carbonyl (C=O) groups is 2. The molecule has 1 fully saturated rings. The van der Waals surface area contributed by atoms with Gasteiger partial charge in [0.2, 0.25) is 5.91 Å². The molecule has 0 radical (unpaired) electrons. The molecule has 4 rings (SSSR count). The van der Waals surface area contributed by atoms with Crippen molar-refractivity contribution in [2.24, 2.45) is 0 Å². The van der Waals surface area contributed by atoms with Crippen LogP contribution in [-0.4, -0.2) is 30.8 Å². The summed E-state index contributed by atoms with van der Waals surface area (Å²) in [5.74, 6) is 1.07. The smallest absolute Gasteiger partial charge is 0.262 e. The van der Waals surface area contributed by atoms with Crippen molar-refractivity contribution >= 4 is 80.7 Å². The minimum atomic E-state index is -0.317. The van der Waals surface area contributed by atoms with E-state index in [0.29, 0.717) is 39.6 Å². The van der Waals surface area contributed by atoms with Crippen LogP contribution in [-0.2, 0) is 9.59 Å². The quantitative estimate of drug-likeness (QED) is 0.262. The lowest BCUT2D eigenvalue weighted by Crippen LogP contribution is -2.27. The number of benzene rings is 3. The number of anilines is 2. The number of amides is 2. The van der Waals surface area contributed by atoms with Crippen LogP contribution in [0, 0.1) is 10.5 Å². The molecule has 0 saturated carbocycles. The molecule has 2 amide bonds. The van der Waals surface area contributed by atoms with E-state index in [0.717, 1.165) is 20.4 Å². The topological polar surface area (TPSA) is 67.9 Å². The second-order valence-electron chi connectivity index (χ2n) is 7.97. The summed E-state index contributed by atoms with van der Waals surface area (Å²) in [4.78, 5) is 27.0. The van der Waals surface area contributed by atoms with Crippen LogP contribution in [0.2, 0.25) is 10.0 Å². The lowest BCUT2D eigenvalue weighted by molar-refractivity contribution is -0.118. The number of carbonyl (C=O) groups excluding carboxylic acids is 2. The first-order chi connectivity index (χ1) is 17.3. The molecule has 3 aromatic rings. The van der Waals surface area contributed by atoms with Crippen molar-refractivity contribution < 1.29 is 19.1 Å². The monoisotopic (exact) mass is 656 g/mol. The Balaban J connectivity index is 1.54. The normalized spacial score (nSPS) is 15.2. The number of aryl methyl sites for hydroxylation is 1. The molecule has 0 unspecified atom stereocenters. The van der Waals surface area contributed by atoms with Gasteiger partial charge in [0.05, 0.1) is 15.9 Å². The van der Waals surface area contributed by atoms with Crippen molar-refractivity contribution in [1.82, 2.24) is 0 Å². The molecular weight excluding hydrogens is 634 g/mol. The first-order valence-corrected chi connectivity index (χ1v) is 14.0. The Morgan fingerprint density at radius 1 is 1.14 bits per heavy atom. The molecule has 1 atom stereocenters. The van der Waals surface area contributed by atoms with Crippen LogP contribution < -0.4 is 19.7 Å². The number of thioether (sulfide) groups is 1. The maximum Gasteiger partial charge on any atom is 0.262 e. The summed E-state index contributed by atoms with van der Waals surface area (Å²) in [6.45, 7) is 3.99. The van der Waals surface area contributed by atoms with Crippen LogP contribution in [0.1, 0.15) is 23.4 Å². The highest BCUT2D eigenvalue weighted by Crippen LogP contribution is 2.45. The van der Waals surface area contributed by atoms with E-state index in [1.807, 2.05) is 44.2 Å². The molecule has 1 heterocycles. The van der Waals surface area contributed by atoms with Gasteiger partial charge in [0, 0.05) is 21.4 Å². The van der Waals surface area contributed by atoms with Gasteiger partial charge in [-0.15, -0.1) is 11.8 Å². The number of ether oxygens (including phenoxy) is 2. The predicted octanol–water partition coefficient (Wildman–Crippen LogP) is 7.10. The Bertz CT molecular complexity index is 1290. The molecular formula is C26H23Cl2IN2O4S. The van der Waals surface area contributed by atoms with Crippen molar-refractivity contribution in [3.63, 3.8) is 0 Å². The van der Waals surface area contributed by atoms with Crippen LogP contribution in [0.3, 0.4) is 0 Å². The third-order valence-corrected chi connectivity index (χ3v) is 8.07. The maximum atomic E-state index is 12.7. The Kier molecular flexibility index (Phi) is 8.92. The zero-order chi connectivity index (χ0) is 25.8. The van der Waals surface area contributed by atoms with E-state index in [-0.39, 0.29) is 23.8 Å². The van der Waals surface area contributed by atoms with Crippen LogP contribution in [0.4, 0.5) is 11.4 Å². The van der Waals surface area contributed by atoms with E-state index in [2.05, 4.69) is 27.9 Å². The molecule has 0 aliphatic carbocycles. The first kappa shape index (κ1) is 26.9. The predicted molar refractivity (Wildman–Crippen MR) is 155 cm³/mol. The lowest BCUT2D eigenvalue weighted by atomic mass is 10.1. The number of nitrogens with one attached hydrogen (secondary N) is 1. The van der Waals surface area contributed by atoms with E-state index in [1.165, 1.54) is 0 Å². The lowest BCUT2D eigenvalue weighted by Gasteiger charge is -2.25. The van der Waals surface area contributed by atoms with Gasteiger partial charge in [0.1, 0.15) is 5.37 Å². The molecule has 1 N–H and O–H groups in total. The van der Waals surface area contributed by atoms with Crippen molar-refractivity contribution in [3.05, 3.63) is 79.3 Å². The van der Waals surface area contributed by atoms with E-state index in [9.17, 15) is 9.59 Å². The van der Waals surface area contributed by atoms with Crippen LogP contribution in [0.5, 0.6) is 11.5 Å². The van der Waals surface area contributed by atoms with Gasteiger partial charge in [-0.05, 0) is 96.1 Å². The summed E-state index contributed by atoms with van der Waals surface area (Å²) >= 11 is 15.9. The summed E-state index contributed by atoms with van der Waals surface area (Å²) in [5.41, 5.74) is 3.21. The largest absolute Gasteiger partial charge is 0.490 e. The zero-order valence-electron chi connectivity index (χ0n) is 19.5. The number of nitrogens with zero attached hydrogens (tertiary/aromatic N) is 1. The highest BCUT2D eigenvalue weighted by molar-refractivity contribution is 14.1. The average molecular weight is 657 g/mol. The van der Waals surface area contributed by atoms with Gasteiger partial charge in [-0.2, -0.15) is 0 Å². The molecule has 1 saturated heterocycles. The average Bonchev–Trinajstić information content (AvgIpc) is 3.23. The fourth-order valence-corrected chi connectivity index (χ4v) is 5.93. The third-order valence-electron chi connectivity index (χ3n) is 5.39. The van der Waals surface area contributed by atoms with Crippen LogP contribution in [0.15, 0.2) is 54.6 Å². The minimum absolute atomic E-state index is 0.0218. The molecule has 1 aliphatic heterocycles. The van der Waals surface area contributed by atoms with Gasteiger partial charge < -0.3 is 14.8 Å². The molecule has 10 heteroatoms. The summed E-state index contributed by atoms with van der Waals surface area (Å²) in [6, 6.07) is 16.4. The molecule has 0 bridgehead atoms. The second kappa shape index (κ2) is 11.9. The van der Waals surface area contributed by atoms with Gasteiger partial charge in [0.25, 0.3) is 5.91 Å². The summed E-state index contributed by atoms with van der Waals surface area (Å²) in [7, 11) is 0. The summed E-state index contributed by atoms with van der Waals surface area (Å²) in [5, 5.41) is 3.75. The first-order valence-electron chi connectivity index (χ1n) is 11.1. The van der Waals surface area contributed by atoms with Crippen molar-refractivity contribution in [2.45, 2.75) is 19.2 Å². The van der Waals surface area contributed by atoms with Crippen LogP contribution >= 0.6 is 57.6 Å². The van der Waals surface area contributed by atoms with E-state index in [4.69, 9.17) is 32.7 Å². The molecule has 0 spiro atoms. The standard InChI is InChI=1S/C26H23Cl2IN2O4S/c1-3-34-22-11-16(26-31(24(33)14-36-26)19-8-5-17(27)6-9-19)10-21(29)25(22)35-13-23(32)30-18-7-4-15(2)20(28)12-18/h4-12,26H,3,13-14H2,1-2H3,(H,30,32)/t26-/m1/s1. The Labute approximate surface area is 237 Å². The van der Waals surface area contributed by atoms with Gasteiger partial charge in [-0.25, -0.2) is 0 Å². The zero-order valence-corrected chi connectivity index (χ0v) is 24.0. The van der Waals surface area contributed by atoms with Gasteiger partial charge in [0.15, 0.2) is 18.1 Å². The Hall–Kier alpha value is -2.14. The fraction of sp³-hybridized carbons (Fsp3) is 0.231. The van der Waals surface area contributed by atoms with Crippen molar-refractivity contribution in [1.29, 1.82) is 0 Å². The molecule has 1 aliphatic rings. The maximum absolute atomic E-state index is 12.7. The van der Waals surface area contributed by atoms with Gasteiger partial charge in [-0.3, -0.25) is 14.5 Å². The number of rotatable bonds is 8. The summed E-state index contributed by atoms with van der Waals surface area (Å²) < 4.78 is 12.5. The second-order valence-corrected chi connectivity index (χ2v) is 11.0. The highest BCUT2D eigenvalue weighted by atomic mass is 127. The fourth-order valence-electron chi connectivity index (χ4n) is 3.69. The molecule has 0 aromatic heterocycles.